The number of benzene rings is 1. The molecule has 28 heavy (non-hydrogen) atoms. The fourth-order valence-corrected chi connectivity index (χ4v) is 3.81. The first-order valence-corrected chi connectivity index (χ1v) is 9.29. The van der Waals surface area contributed by atoms with E-state index >= 15 is 0 Å². The van der Waals surface area contributed by atoms with E-state index in [0.29, 0.717) is 18.9 Å². The monoisotopic (exact) mass is 401 g/mol. The van der Waals surface area contributed by atoms with Crippen molar-refractivity contribution in [2.75, 3.05) is 36.1 Å². The van der Waals surface area contributed by atoms with Gasteiger partial charge in [-0.1, -0.05) is 6.07 Å². The number of ether oxygens (including phenoxy) is 1. The predicted octanol–water partition coefficient (Wildman–Crippen LogP) is 3.27. The van der Waals surface area contributed by atoms with Gasteiger partial charge in [-0.3, -0.25) is 19.7 Å². The highest BCUT2D eigenvalue weighted by Crippen LogP contribution is 2.37. The van der Waals surface area contributed by atoms with Crippen molar-refractivity contribution in [3.63, 3.8) is 0 Å². The van der Waals surface area contributed by atoms with E-state index in [-0.39, 0.29) is 10.7 Å². The second kappa shape index (κ2) is 7.49. The number of imide groups is 1. The number of thioether (sulfide) groups is 1. The van der Waals surface area contributed by atoms with Crippen LogP contribution in [0.4, 0.5) is 22.1 Å². The smallest absolute Gasteiger partial charge is 0.401 e. The fraction of sp³-hybridized carbons (Fsp3) is 0.222. The van der Waals surface area contributed by atoms with Gasteiger partial charge in [0.05, 0.1) is 29.9 Å². The summed E-state index contributed by atoms with van der Waals surface area (Å²) in [5.41, 5.74) is 1.38. The summed E-state index contributed by atoms with van der Waals surface area (Å²) in [6.45, 7) is 2.73. The van der Waals surface area contributed by atoms with Crippen LogP contribution >= 0.6 is 11.8 Å². The van der Waals surface area contributed by atoms with Gasteiger partial charge in [-0.25, -0.2) is 4.90 Å². The Morgan fingerprint density at radius 2 is 1.86 bits per heavy atom. The Morgan fingerprint density at radius 3 is 2.57 bits per heavy atom. The molecule has 2 amide bonds. The van der Waals surface area contributed by atoms with E-state index in [1.165, 1.54) is 18.2 Å². The Morgan fingerprint density at radius 1 is 1.11 bits per heavy atom. The van der Waals surface area contributed by atoms with E-state index in [1.807, 2.05) is 6.07 Å². The van der Waals surface area contributed by atoms with Crippen LogP contribution < -0.4 is 9.80 Å². The zero-order valence-electron chi connectivity index (χ0n) is 14.6. The minimum Gasteiger partial charge on any atom is -0.401 e. The quantitative estimate of drug-likeness (QED) is 0.437. The summed E-state index contributed by atoms with van der Waals surface area (Å²) in [6, 6.07) is 9.78. The molecular formula is C18H15N3O6S. The van der Waals surface area contributed by atoms with Crippen molar-refractivity contribution in [3.05, 3.63) is 57.2 Å². The molecule has 144 valence electrons. The lowest BCUT2D eigenvalue weighted by Gasteiger charge is -2.29. The largest absolute Gasteiger partial charge is 0.433 e. The summed E-state index contributed by atoms with van der Waals surface area (Å²) in [5.74, 6) is -0.781. The number of nitrogens with zero attached hydrogens (tertiary/aromatic N) is 3. The second-order valence-corrected chi connectivity index (χ2v) is 7.06. The summed E-state index contributed by atoms with van der Waals surface area (Å²) >= 11 is 0.766. The first-order valence-electron chi connectivity index (χ1n) is 8.48. The van der Waals surface area contributed by atoms with E-state index in [1.54, 1.807) is 18.2 Å². The molecule has 1 aromatic heterocycles. The van der Waals surface area contributed by atoms with Crippen molar-refractivity contribution in [1.29, 1.82) is 0 Å². The summed E-state index contributed by atoms with van der Waals surface area (Å²) in [6.07, 6.45) is 1.34. The second-order valence-electron chi connectivity index (χ2n) is 6.07. The number of amides is 2. The minimum atomic E-state index is -0.666. The number of carbonyl (C=O) groups excluding carboxylic acids is 2. The van der Waals surface area contributed by atoms with E-state index < -0.39 is 22.0 Å². The summed E-state index contributed by atoms with van der Waals surface area (Å²) < 4.78 is 10.4. The maximum absolute atomic E-state index is 12.8. The molecule has 0 spiro atoms. The highest BCUT2D eigenvalue weighted by atomic mass is 32.2. The topological polar surface area (TPSA) is 106 Å². The Labute approximate surface area is 163 Å². The third kappa shape index (κ3) is 3.51. The lowest BCUT2D eigenvalue weighted by Crippen LogP contribution is -2.36. The van der Waals surface area contributed by atoms with Gasteiger partial charge >= 0.3 is 5.88 Å². The van der Waals surface area contributed by atoms with Crippen molar-refractivity contribution in [3.8, 4) is 0 Å². The number of morpholine rings is 1. The molecule has 2 saturated heterocycles. The van der Waals surface area contributed by atoms with Crippen LogP contribution in [0.2, 0.25) is 0 Å². The maximum atomic E-state index is 12.8. The number of anilines is 2. The van der Waals surface area contributed by atoms with Crippen LogP contribution in [0.3, 0.4) is 0 Å². The summed E-state index contributed by atoms with van der Waals surface area (Å²) in [7, 11) is 0. The Kier molecular flexibility index (Phi) is 4.88. The molecule has 2 fully saturated rings. The molecule has 0 bridgehead atoms. The van der Waals surface area contributed by atoms with Gasteiger partial charge in [0.1, 0.15) is 10.7 Å². The van der Waals surface area contributed by atoms with Crippen LogP contribution in [0.5, 0.6) is 0 Å². The zero-order chi connectivity index (χ0) is 19.7. The Balaban J connectivity index is 1.58. The molecule has 9 nitrogen and oxygen atoms in total. The van der Waals surface area contributed by atoms with Crippen molar-refractivity contribution in [2.24, 2.45) is 0 Å². The van der Waals surface area contributed by atoms with Gasteiger partial charge in [0.15, 0.2) is 0 Å². The lowest BCUT2D eigenvalue weighted by molar-refractivity contribution is -0.402. The minimum absolute atomic E-state index is 0.138. The summed E-state index contributed by atoms with van der Waals surface area (Å²) in [5, 5.41) is 10.3. The van der Waals surface area contributed by atoms with Gasteiger partial charge < -0.3 is 14.1 Å². The molecule has 0 atom stereocenters. The first-order chi connectivity index (χ1) is 13.5. The summed E-state index contributed by atoms with van der Waals surface area (Å²) in [4.78, 5) is 38.6. The number of rotatable bonds is 4. The molecule has 0 radical (unpaired) electrons. The van der Waals surface area contributed by atoms with E-state index in [9.17, 15) is 19.7 Å². The Hall–Kier alpha value is -3.11. The lowest BCUT2D eigenvalue weighted by atomic mass is 10.2. The molecule has 2 aliphatic rings. The van der Waals surface area contributed by atoms with Crippen LogP contribution in [0.1, 0.15) is 5.76 Å². The molecule has 0 unspecified atom stereocenters. The third-order valence-corrected chi connectivity index (χ3v) is 5.19. The van der Waals surface area contributed by atoms with Crippen molar-refractivity contribution >= 4 is 46.2 Å². The molecule has 0 saturated carbocycles. The zero-order valence-corrected chi connectivity index (χ0v) is 15.4. The molecule has 1 aromatic carbocycles. The molecule has 4 rings (SSSR count). The normalized spacial score (nSPS) is 18.9. The molecular weight excluding hydrogens is 386 g/mol. The highest BCUT2D eigenvalue weighted by molar-refractivity contribution is 8.19. The van der Waals surface area contributed by atoms with E-state index in [0.717, 1.165) is 35.4 Å². The number of furan rings is 1. The van der Waals surface area contributed by atoms with Gasteiger partial charge in [0, 0.05) is 24.9 Å². The predicted molar refractivity (Wildman–Crippen MR) is 103 cm³/mol. The molecule has 2 aliphatic heterocycles. The van der Waals surface area contributed by atoms with Crippen molar-refractivity contribution in [2.45, 2.75) is 0 Å². The maximum Gasteiger partial charge on any atom is 0.433 e. The van der Waals surface area contributed by atoms with E-state index in [4.69, 9.17) is 9.15 Å². The van der Waals surface area contributed by atoms with Crippen LogP contribution in [-0.4, -0.2) is 42.4 Å². The molecule has 2 aromatic rings. The third-order valence-electron chi connectivity index (χ3n) is 4.32. The van der Waals surface area contributed by atoms with Gasteiger partial charge in [0.2, 0.25) is 0 Å². The van der Waals surface area contributed by atoms with Crippen LogP contribution in [0.25, 0.3) is 6.08 Å². The number of hydrogen-bond acceptors (Lipinski definition) is 8. The average molecular weight is 401 g/mol. The molecule has 0 aliphatic carbocycles. The van der Waals surface area contributed by atoms with E-state index in [2.05, 4.69) is 4.90 Å². The number of hydrogen-bond donors (Lipinski definition) is 0. The number of nitro groups is 1. The molecule has 10 heteroatoms. The van der Waals surface area contributed by atoms with Crippen LogP contribution in [0, 0.1) is 10.1 Å². The van der Waals surface area contributed by atoms with Gasteiger partial charge in [-0.15, -0.1) is 0 Å². The number of carbonyl (C=O) groups is 2. The van der Waals surface area contributed by atoms with Crippen molar-refractivity contribution in [1.82, 2.24) is 0 Å². The molecule has 3 heterocycles. The first kappa shape index (κ1) is 18.3. The standard InChI is InChI=1S/C18H15N3O6S/c22-17-15(11-14-4-5-16(27-14)21(24)25)28-18(23)20(17)13-3-1-2-12(10-13)19-6-8-26-9-7-19/h1-5,10-11H,6-9H2/b15-11-. The fourth-order valence-electron chi connectivity index (χ4n) is 2.99. The highest BCUT2D eigenvalue weighted by Gasteiger charge is 2.37. The SMILES string of the molecule is O=C1S/C(=C\c2ccc([N+](=O)[O-])o2)C(=O)N1c1cccc(N2CCOCC2)c1. The van der Waals surface area contributed by atoms with Gasteiger partial charge in [-0.05, 0) is 36.0 Å². The van der Waals surface area contributed by atoms with Gasteiger partial charge in [0.25, 0.3) is 11.1 Å². The molecule has 0 N–H and O–H groups in total. The Bertz CT molecular complexity index is 979. The van der Waals surface area contributed by atoms with Crippen molar-refractivity contribution < 1.29 is 23.7 Å². The van der Waals surface area contributed by atoms with Crippen LogP contribution in [-0.2, 0) is 9.53 Å². The van der Waals surface area contributed by atoms with Crippen LogP contribution in [0.15, 0.2) is 45.7 Å². The van der Waals surface area contributed by atoms with Gasteiger partial charge in [-0.2, -0.15) is 0 Å². The average Bonchev–Trinajstić information content (AvgIpc) is 3.28.